The van der Waals surface area contributed by atoms with Gasteiger partial charge >= 0.3 is 0 Å². The van der Waals surface area contributed by atoms with Crippen molar-refractivity contribution in [2.45, 2.75) is 25.6 Å². The van der Waals surface area contributed by atoms with Crippen LogP contribution < -0.4 is 5.32 Å². The van der Waals surface area contributed by atoms with Crippen molar-refractivity contribution in [2.24, 2.45) is 18.0 Å². The van der Waals surface area contributed by atoms with Gasteiger partial charge in [-0.05, 0) is 17.5 Å². The summed E-state index contributed by atoms with van der Waals surface area (Å²) >= 11 is 2.09. The average Bonchev–Trinajstić information content (AvgIpc) is 2.85. The summed E-state index contributed by atoms with van der Waals surface area (Å²) in [4.78, 5) is 6.84. The maximum Gasteiger partial charge on any atom is 0.193 e. The monoisotopic (exact) mass is 422 g/mol. The minimum absolute atomic E-state index is 0. The molecule has 0 amide bonds. The lowest BCUT2D eigenvalue weighted by atomic mass is 10.1. The van der Waals surface area contributed by atoms with E-state index in [0.717, 1.165) is 31.5 Å². The number of nitrogens with zero attached hydrogens (tertiary/aromatic N) is 3. The van der Waals surface area contributed by atoms with Gasteiger partial charge in [-0.1, -0.05) is 13.8 Å². The minimum Gasteiger partial charge on any atom is -0.357 e. The Hall–Kier alpha value is -0.370. The highest BCUT2D eigenvalue weighted by atomic mass is 127. The molecule has 0 radical (unpaired) electrons. The number of hydrogen-bond donors (Lipinski definition) is 1. The van der Waals surface area contributed by atoms with Crippen molar-refractivity contribution in [2.75, 3.05) is 25.9 Å². The summed E-state index contributed by atoms with van der Waals surface area (Å²) in [6.07, 6.45) is 4.22. The summed E-state index contributed by atoms with van der Waals surface area (Å²) < 4.78 is 2.08. The SMILES string of the molecule is CN=C(NCc1ccn(C)c1)N1CCSC(C(C)C)C1.I. The van der Waals surface area contributed by atoms with Gasteiger partial charge in [-0.2, -0.15) is 11.8 Å². The molecule has 0 bridgehead atoms. The molecular formula is C15H27IN4S. The van der Waals surface area contributed by atoms with Gasteiger partial charge < -0.3 is 14.8 Å². The Balaban J connectivity index is 0.00000220. The molecule has 1 fully saturated rings. The Morgan fingerprint density at radius 1 is 1.52 bits per heavy atom. The van der Waals surface area contributed by atoms with Crippen LogP contribution in [0.5, 0.6) is 0 Å². The third-order valence-corrected chi connectivity index (χ3v) is 5.23. The topological polar surface area (TPSA) is 32.6 Å². The largest absolute Gasteiger partial charge is 0.357 e. The lowest BCUT2D eigenvalue weighted by molar-refractivity contribution is 0.380. The third kappa shape index (κ3) is 5.39. The van der Waals surface area contributed by atoms with Crippen LogP contribution in [0.4, 0.5) is 0 Å². The van der Waals surface area contributed by atoms with E-state index in [0.29, 0.717) is 5.25 Å². The quantitative estimate of drug-likeness (QED) is 0.462. The first kappa shape index (κ1) is 18.7. The van der Waals surface area contributed by atoms with Gasteiger partial charge in [0.1, 0.15) is 0 Å². The molecule has 1 aliphatic heterocycles. The van der Waals surface area contributed by atoms with Crippen molar-refractivity contribution in [3.8, 4) is 0 Å². The fourth-order valence-corrected chi connectivity index (χ4v) is 3.75. The van der Waals surface area contributed by atoms with E-state index in [2.05, 4.69) is 63.8 Å². The molecule has 1 N–H and O–H groups in total. The number of nitrogens with one attached hydrogen (secondary N) is 1. The molecule has 2 heterocycles. The summed E-state index contributed by atoms with van der Waals surface area (Å²) in [5.41, 5.74) is 1.29. The van der Waals surface area contributed by atoms with Gasteiger partial charge in [-0.3, -0.25) is 4.99 Å². The van der Waals surface area contributed by atoms with E-state index >= 15 is 0 Å². The third-order valence-electron chi connectivity index (χ3n) is 3.69. The molecule has 6 heteroatoms. The molecule has 1 aromatic rings. The van der Waals surface area contributed by atoms with E-state index in [1.807, 2.05) is 14.1 Å². The van der Waals surface area contributed by atoms with E-state index in [9.17, 15) is 0 Å². The van der Waals surface area contributed by atoms with Gasteiger partial charge in [0.15, 0.2) is 5.96 Å². The van der Waals surface area contributed by atoms with Crippen LogP contribution in [0.25, 0.3) is 0 Å². The summed E-state index contributed by atoms with van der Waals surface area (Å²) in [7, 11) is 3.92. The molecule has 1 saturated heterocycles. The van der Waals surface area contributed by atoms with Crippen LogP contribution in [-0.4, -0.2) is 46.6 Å². The Kier molecular flexibility index (Phi) is 7.94. The fourth-order valence-electron chi connectivity index (χ4n) is 2.45. The predicted octanol–water partition coefficient (Wildman–Crippen LogP) is 2.79. The lowest BCUT2D eigenvalue weighted by Crippen LogP contribution is -2.48. The zero-order valence-corrected chi connectivity index (χ0v) is 16.5. The number of halogens is 1. The van der Waals surface area contributed by atoms with Crippen LogP contribution in [0.2, 0.25) is 0 Å². The van der Waals surface area contributed by atoms with Gasteiger partial charge in [0.25, 0.3) is 0 Å². The fraction of sp³-hybridized carbons (Fsp3) is 0.667. The van der Waals surface area contributed by atoms with Crippen molar-refractivity contribution in [1.82, 2.24) is 14.8 Å². The molecule has 2 rings (SSSR count). The maximum atomic E-state index is 4.44. The smallest absolute Gasteiger partial charge is 0.193 e. The number of aliphatic imine (C=N–C) groups is 1. The first-order valence-electron chi connectivity index (χ1n) is 7.28. The lowest BCUT2D eigenvalue weighted by Gasteiger charge is -2.36. The number of aromatic nitrogens is 1. The molecule has 0 aromatic carbocycles. The van der Waals surface area contributed by atoms with Crippen LogP contribution in [0.15, 0.2) is 23.5 Å². The zero-order chi connectivity index (χ0) is 14.5. The van der Waals surface area contributed by atoms with Crippen LogP contribution in [0.3, 0.4) is 0 Å². The Labute approximate surface area is 149 Å². The van der Waals surface area contributed by atoms with Crippen LogP contribution in [0, 0.1) is 5.92 Å². The first-order valence-corrected chi connectivity index (χ1v) is 8.33. The maximum absolute atomic E-state index is 4.44. The van der Waals surface area contributed by atoms with Gasteiger partial charge in [0.2, 0.25) is 0 Å². The van der Waals surface area contributed by atoms with E-state index in [-0.39, 0.29) is 24.0 Å². The highest BCUT2D eigenvalue weighted by Gasteiger charge is 2.24. The molecular weight excluding hydrogens is 395 g/mol. The summed E-state index contributed by atoms with van der Waals surface area (Å²) in [5.74, 6) is 2.93. The summed E-state index contributed by atoms with van der Waals surface area (Å²) in [6, 6.07) is 2.14. The first-order chi connectivity index (χ1) is 9.60. The van der Waals surface area contributed by atoms with Crippen molar-refractivity contribution in [1.29, 1.82) is 0 Å². The molecule has 120 valence electrons. The molecule has 0 saturated carbocycles. The second-order valence-corrected chi connectivity index (χ2v) is 7.03. The van der Waals surface area contributed by atoms with Gasteiger partial charge in [-0.15, -0.1) is 24.0 Å². The molecule has 1 aromatic heterocycles. The van der Waals surface area contributed by atoms with Crippen LogP contribution >= 0.6 is 35.7 Å². The van der Waals surface area contributed by atoms with Gasteiger partial charge in [0.05, 0.1) is 0 Å². The molecule has 1 unspecified atom stereocenters. The minimum atomic E-state index is 0. The number of guanidine groups is 1. The van der Waals surface area contributed by atoms with Gasteiger partial charge in [0, 0.05) is 57.1 Å². The standard InChI is InChI=1S/C15H26N4S.HI/c1-12(2)14-11-19(7-8-20-14)15(16-3)17-9-13-5-6-18(4)10-13;/h5-6,10,12,14H,7-9,11H2,1-4H3,(H,16,17);1H. The number of thioether (sulfide) groups is 1. The van der Waals surface area contributed by atoms with Crippen molar-refractivity contribution in [3.05, 3.63) is 24.0 Å². The van der Waals surface area contributed by atoms with Gasteiger partial charge in [-0.25, -0.2) is 0 Å². The molecule has 1 atom stereocenters. The Bertz CT molecular complexity index is 458. The zero-order valence-electron chi connectivity index (χ0n) is 13.4. The van der Waals surface area contributed by atoms with Crippen LogP contribution in [0.1, 0.15) is 19.4 Å². The molecule has 4 nitrogen and oxygen atoms in total. The van der Waals surface area contributed by atoms with Crippen molar-refractivity contribution in [3.63, 3.8) is 0 Å². The van der Waals surface area contributed by atoms with E-state index in [1.54, 1.807) is 0 Å². The second-order valence-electron chi connectivity index (χ2n) is 5.69. The molecule has 21 heavy (non-hydrogen) atoms. The summed E-state index contributed by atoms with van der Waals surface area (Å²) in [5, 5.41) is 4.19. The second kappa shape index (κ2) is 8.92. The molecule has 0 aliphatic carbocycles. The van der Waals surface area contributed by atoms with Crippen molar-refractivity contribution < 1.29 is 0 Å². The Morgan fingerprint density at radius 2 is 2.29 bits per heavy atom. The molecule has 0 spiro atoms. The number of rotatable bonds is 3. The van der Waals surface area contributed by atoms with Crippen molar-refractivity contribution >= 4 is 41.7 Å². The summed E-state index contributed by atoms with van der Waals surface area (Å²) in [6.45, 7) is 7.63. The Morgan fingerprint density at radius 3 is 2.86 bits per heavy atom. The highest BCUT2D eigenvalue weighted by molar-refractivity contribution is 14.0. The normalized spacial score (nSPS) is 19.6. The predicted molar refractivity (Wildman–Crippen MR) is 104 cm³/mol. The van der Waals surface area contributed by atoms with Crippen LogP contribution in [-0.2, 0) is 13.6 Å². The van der Waals surface area contributed by atoms with E-state index in [4.69, 9.17) is 0 Å². The average molecular weight is 422 g/mol. The van der Waals surface area contributed by atoms with E-state index < -0.39 is 0 Å². The van der Waals surface area contributed by atoms with E-state index in [1.165, 1.54) is 11.3 Å². The number of hydrogen-bond acceptors (Lipinski definition) is 2. The highest BCUT2D eigenvalue weighted by Crippen LogP contribution is 2.24. The molecule has 1 aliphatic rings. The number of aryl methyl sites for hydroxylation is 1.